The molecule has 4 rings (SSSR count). The quantitative estimate of drug-likeness (QED) is 0.809. The lowest BCUT2D eigenvalue weighted by molar-refractivity contribution is 0.251. The van der Waals surface area contributed by atoms with Crippen LogP contribution >= 0.6 is 0 Å². The van der Waals surface area contributed by atoms with E-state index in [1.54, 1.807) is 16.7 Å². The summed E-state index contributed by atoms with van der Waals surface area (Å²) in [6.45, 7) is 3.60. The first kappa shape index (κ1) is 12.2. The molecule has 2 nitrogen and oxygen atoms in total. The van der Waals surface area contributed by atoms with Crippen molar-refractivity contribution in [2.75, 3.05) is 0 Å². The van der Waals surface area contributed by atoms with Crippen LogP contribution < -0.4 is 0 Å². The number of hydrogen-bond donors (Lipinski definition) is 0. The van der Waals surface area contributed by atoms with Crippen LogP contribution in [0.25, 0.3) is 0 Å². The lowest BCUT2D eigenvalue weighted by Crippen LogP contribution is -2.37. The van der Waals surface area contributed by atoms with Crippen LogP contribution in [0.15, 0.2) is 36.9 Å². The van der Waals surface area contributed by atoms with Crippen LogP contribution in [0.1, 0.15) is 42.9 Å². The van der Waals surface area contributed by atoms with Gasteiger partial charge in [-0.25, -0.2) is 4.98 Å². The Hall–Kier alpha value is -1.57. The maximum absolute atomic E-state index is 4.18. The summed E-state index contributed by atoms with van der Waals surface area (Å²) >= 11 is 0. The van der Waals surface area contributed by atoms with Crippen LogP contribution in [0.3, 0.4) is 0 Å². The zero-order valence-electron chi connectivity index (χ0n) is 12.2. The van der Waals surface area contributed by atoms with Gasteiger partial charge in [0.2, 0.25) is 0 Å². The first-order chi connectivity index (χ1) is 9.74. The van der Waals surface area contributed by atoms with E-state index in [0.717, 1.165) is 12.5 Å². The first-order valence-corrected chi connectivity index (χ1v) is 7.82. The number of benzene rings is 1. The third-order valence-electron chi connectivity index (χ3n) is 5.29. The SMILES string of the molecule is CC12CCCc3cccc(c31)CC(Cn1ccnc1)C2. The molecule has 104 valence electrons. The van der Waals surface area contributed by atoms with Gasteiger partial charge in [-0.2, -0.15) is 0 Å². The molecule has 0 amide bonds. The highest BCUT2D eigenvalue weighted by Gasteiger charge is 2.39. The van der Waals surface area contributed by atoms with Crippen molar-refractivity contribution in [3.8, 4) is 0 Å². The topological polar surface area (TPSA) is 17.8 Å². The zero-order valence-corrected chi connectivity index (χ0v) is 12.2. The summed E-state index contributed by atoms with van der Waals surface area (Å²) < 4.78 is 2.24. The highest BCUT2D eigenvalue weighted by molar-refractivity contribution is 5.44. The fraction of sp³-hybridized carbons (Fsp3) is 0.500. The molecule has 0 bridgehead atoms. The molecule has 1 aromatic heterocycles. The van der Waals surface area contributed by atoms with Gasteiger partial charge in [-0.05, 0) is 60.1 Å². The monoisotopic (exact) mass is 266 g/mol. The van der Waals surface area contributed by atoms with E-state index in [4.69, 9.17) is 0 Å². The van der Waals surface area contributed by atoms with Crippen molar-refractivity contribution in [1.82, 2.24) is 9.55 Å². The molecule has 2 aliphatic carbocycles. The minimum absolute atomic E-state index is 0.410. The molecule has 0 aliphatic heterocycles. The largest absolute Gasteiger partial charge is 0.337 e. The molecule has 20 heavy (non-hydrogen) atoms. The van der Waals surface area contributed by atoms with Crippen molar-refractivity contribution >= 4 is 0 Å². The Morgan fingerprint density at radius 3 is 3.10 bits per heavy atom. The predicted octanol–water partition coefficient (Wildman–Crippen LogP) is 3.74. The maximum atomic E-state index is 4.18. The molecule has 0 radical (unpaired) electrons. The number of hydrogen-bond acceptors (Lipinski definition) is 1. The van der Waals surface area contributed by atoms with E-state index in [-0.39, 0.29) is 0 Å². The van der Waals surface area contributed by atoms with E-state index in [2.05, 4.69) is 40.9 Å². The van der Waals surface area contributed by atoms with E-state index >= 15 is 0 Å². The van der Waals surface area contributed by atoms with Gasteiger partial charge >= 0.3 is 0 Å². The zero-order chi connectivity index (χ0) is 13.6. The second kappa shape index (κ2) is 4.47. The van der Waals surface area contributed by atoms with Crippen LogP contribution in [0.2, 0.25) is 0 Å². The molecule has 1 aromatic carbocycles. The summed E-state index contributed by atoms with van der Waals surface area (Å²) in [6, 6.07) is 6.98. The molecule has 0 N–H and O–H groups in total. The van der Waals surface area contributed by atoms with Gasteiger partial charge in [0.1, 0.15) is 0 Å². The third-order valence-corrected chi connectivity index (χ3v) is 5.29. The fourth-order valence-corrected chi connectivity index (χ4v) is 4.65. The summed E-state index contributed by atoms with van der Waals surface area (Å²) in [7, 11) is 0. The highest BCUT2D eigenvalue weighted by Crippen LogP contribution is 2.47. The van der Waals surface area contributed by atoms with Gasteiger partial charge < -0.3 is 4.57 Å². The van der Waals surface area contributed by atoms with Crippen LogP contribution in [0, 0.1) is 5.92 Å². The minimum Gasteiger partial charge on any atom is -0.337 e. The third kappa shape index (κ3) is 1.90. The van der Waals surface area contributed by atoms with Crippen molar-refractivity contribution in [2.45, 2.75) is 51.0 Å². The summed E-state index contributed by atoms with van der Waals surface area (Å²) in [6.07, 6.45) is 12.5. The average molecular weight is 266 g/mol. The Morgan fingerprint density at radius 2 is 2.25 bits per heavy atom. The Labute approximate surface area is 120 Å². The molecule has 2 atom stereocenters. The lowest BCUT2D eigenvalue weighted by atomic mass is 9.61. The maximum Gasteiger partial charge on any atom is 0.0945 e. The fourth-order valence-electron chi connectivity index (χ4n) is 4.65. The van der Waals surface area contributed by atoms with Gasteiger partial charge in [0.25, 0.3) is 0 Å². The Morgan fingerprint density at radius 1 is 1.35 bits per heavy atom. The summed E-state index contributed by atoms with van der Waals surface area (Å²) in [4.78, 5) is 4.18. The molecule has 0 spiro atoms. The van der Waals surface area contributed by atoms with Crippen LogP contribution in [-0.2, 0) is 24.8 Å². The van der Waals surface area contributed by atoms with Crippen molar-refractivity contribution in [2.24, 2.45) is 5.92 Å². The number of aromatic nitrogens is 2. The normalized spacial score (nSPS) is 28.1. The molecular weight excluding hydrogens is 244 g/mol. The minimum atomic E-state index is 0.410. The second-order valence-electron chi connectivity index (χ2n) is 6.90. The summed E-state index contributed by atoms with van der Waals surface area (Å²) in [5.74, 6) is 0.745. The van der Waals surface area contributed by atoms with Gasteiger partial charge in [-0.3, -0.25) is 0 Å². The van der Waals surface area contributed by atoms with Crippen molar-refractivity contribution in [3.63, 3.8) is 0 Å². The average Bonchev–Trinajstić information content (AvgIpc) is 2.91. The van der Waals surface area contributed by atoms with Crippen LogP contribution in [-0.4, -0.2) is 9.55 Å². The Bertz CT molecular complexity index is 614. The molecule has 0 saturated heterocycles. The predicted molar refractivity (Wildman–Crippen MR) is 80.8 cm³/mol. The number of nitrogens with zero attached hydrogens (tertiary/aromatic N) is 2. The lowest BCUT2D eigenvalue weighted by Gasteiger charge is -2.44. The van der Waals surface area contributed by atoms with Crippen molar-refractivity contribution in [1.29, 1.82) is 0 Å². The molecule has 0 fully saturated rings. The number of aryl methyl sites for hydroxylation is 1. The smallest absolute Gasteiger partial charge is 0.0945 e. The van der Waals surface area contributed by atoms with E-state index in [9.17, 15) is 0 Å². The van der Waals surface area contributed by atoms with Gasteiger partial charge in [0.15, 0.2) is 0 Å². The van der Waals surface area contributed by atoms with Crippen LogP contribution in [0.4, 0.5) is 0 Å². The Kier molecular flexibility index (Phi) is 2.73. The molecular formula is C18H22N2. The van der Waals surface area contributed by atoms with Gasteiger partial charge in [-0.1, -0.05) is 25.1 Å². The van der Waals surface area contributed by atoms with Crippen LogP contribution in [0.5, 0.6) is 0 Å². The molecule has 2 unspecified atom stereocenters. The van der Waals surface area contributed by atoms with Gasteiger partial charge in [-0.15, -0.1) is 0 Å². The second-order valence-corrected chi connectivity index (χ2v) is 6.90. The molecule has 1 heterocycles. The highest BCUT2D eigenvalue weighted by atomic mass is 15.0. The number of imidazole rings is 1. The van der Waals surface area contributed by atoms with E-state index < -0.39 is 0 Å². The van der Waals surface area contributed by atoms with Gasteiger partial charge in [0, 0.05) is 18.9 Å². The summed E-state index contributed by atoms with van der Waals surface area (Å²) in [5.41, 5.74) is 5.35. The molecule has 2 aliphatic rings. The number of rotatable bonds is 2. The van der Waals surface area contributed by atoms with Crippen molar-refractivity contribution in [3.05, 3.63) is 53.6 Å². The molecule has 0 saturated carbocycles. The Balaban J connectivity index is 1.70. The van der Waals surface area contributed by atoms with Gasteiger partial charge in [0.05, 0.1) is 6.33 Å². The standard InChI is InChI=1S/C18H22N2/c1-18-7-3-6-15-4-2-5-16(17(15)18)10-14(11-18)12-20-9-8-19-13-20/h2,4-5,8-9,13-14H,3,6-7,10-12H2,1H3. The molecule has 2 aromatic rings. The molecule has 2 heteroatoms. The van der Waals surface area contributed by atoms with Crippen molar-refractivity contribution < 1.29 is 0 Å². The van der Waals surface area contributed by atoms with E-state index in [1.165, 1.54) is 32.1 Å². The summed E-state index contributed by atoms with van der Waals surface area (Å²) in [5, 5.41) is 0. The van der Waals surface area contributed by atoms with E-state index in [0.29, 0.717) is 5.41 Å². The van der Waals surface area contributed by atoms with E-state index in [1.807, 2.05) is 12.5 Å². The first-order valence-electron chi connectivity index (χ1n) is 7.82.